The summed E-state index contributed by atoms with van der Waals surface area (Å²) in [6.07, 6.45) is 2.54. The monoisotopic (exact) mass is 359 g/mol. The third-order valence-corrected chi connectivity index (χ3v) is 5.16. The van der Waals surface area contributed by atoms with Crippen molar-refractivity contribution in [2.24, 2.45) is 0 Å². The molecular weight excluding hydrogens is 334 g/mol. The fraction of sp³-hybridized carbons (Fsp3) is 0.261. The zero-order valence-electron chi connectivity index (χ0n) is 15.6. The number of fused-ring (bicyclic) bond motifs is 1. The summed E-state index contributed by atoms with van der Waals surface area (Å²) >= 11 is 0. The van der Waals surface area contributed by atoms with Crippen LogP contribution in [0.1, 0.15) is 19.8 Å². The molecule has 0 bridgehead atoms. The number of carbonyl (C=O) groups is 1. The Bertz CT molecular complexity index is 925. The van der Waals surface area contributed by atoms with Crippen LogP contribution in [-0.2, 0) is 4.79 Å². The molecule has 2 N–H and O–H groups in total. The Morgan fingerprint density at radius 3 is 2.41 bits per heavy atom. The Balaban J connectivity index is 1.41. The van der Waals surface area contributed by atoms with Gasteiger partial charge in [0.25, 0.3) is 0 Å². The van der Waals surface area contributed by atoms with Gasteiger partial charge in [-0.15, -0.1) is 0 Å². The van der Waals surface area contributed by atoms with Crippen LogP contribution in [0.2, 0.25) is 0 Å². The van der Waals surface area contributed by atoms with Crippen molar-refractivity contribution in [3.63, 3.8) is 0 Å². The number of amides is 1. The standard InChI is InChI=1S/C23H25N3O/c1-17(24-19-11-13-20(14-12-19)26-15-4-5-16-26)23(27)25-22-10-6-8-18-7-2-3-9-21(18)22/h2-3,6-14,17,24H,4-5,15-16H2,1H3,(H,25,27)/t17-/m1/s1. The predicted molar refractivity (Wildman–Crippen MR) is 114 cm³/mol. The number of nitrogens with zero attached hydrogens (tertiary/aromatic N) is 1. The highest BCUT2D eigenvalue weighted by molar-refractivity contribution is 6.04. The van der Waals surface area contributed by atoms with Crippen molar-refractivity contribution in [2.45, 2.75) is 25.8 Å². The summed E-state index contributed by atoms with van der Waals surface area (Å²) in [5.74, 6) is -0.0463. The van der Waals surface area contributed by atoms with Gasteiger partial charge in [-0.3, -0.25) is 4.79 Å². The molecule has 4 heteroatoms. The van der Waals surface area contributed by atoms with Crippen LogP contribution < -0.4 is 15.5 Å². The minimum Gasteiger partial charge on any atom is -0.374 e. The quantitative estimate of drug-likeness (QED) is 0.682. The molecule has 3 aromatic rings. The fourth-order valence-electron chi connectivity index (χ4n) is 3.63. The molecule has 1 amide bonds. The second kappa shape index (κ2) is 7.70. The third-order valence-electron chi connectivity index (χ3n) is 5.16. The Morgan fingerprint density at radius 2 is 1.63 bits per heavy atom. The first-order valence-corrected chi connectivity index (χ1v) is 9.61. The first-order chi connectivity index (χ1) is 13.2. The summed E-state index contributed by atoms with van der Waals surface area (Å²) in [6, 6.07) is 22.1. The molecule has 1 fully saturated rings. The normalized spacial score (nSPS) is 14.9. The lowest BCUT2D eigenvalue weighted by molar-refractivity contribution is -0.116. The van der Waals surface area contributed by atoms with Gasteiger partial charge in [0, 0.05) is 35.5 Å². The zero-order chi connectivity index (χ0) is 18.6. The lowest BCUT2D eigenvalue weighted by atomic mass is 10.1. The number of hydrogen-bond acceptors (Lipinski definition) is 3. The molecule has 1 heterocycles. The smallest absolute Gasteiger partial charge is 0.246 e. The minimum atomic E-state index is -0.332. The third kappa shape index (κ3) is 3.90. The van der Waals surface area contributed by atoms with Gasteiger partial charge >= 0.3 is 0 Å². The molecule has 1 atom stereocenters. The molecule has 3 aromatic carbocycles. The van der Waals surface area contributed by atoms with E-state index in [2.05, 4.69) is 51.9 Å². The van der Waals surface area contributed by atoms with Crippen LogP contribution in [0, 0.1) is 0 Å². The van der Waals surface area contributed by atoms with Gasteiger partial charge in [0.15, 0.2) is 0 Å². The van der Waals surface area contributed by atoms with Crippen molar-refractivity contribution < 1.29 is 4.79 Å². The average Bonchev–Trinajstić information content (AvgIpc) is 3.23. The van der Waals surface area contributed by atoms with Crippen LogP contribution in [0.15, 0.2) is 66.7 Å². The second-order valence-corrected chi connectivity index (χ2v) is 7.12. The zero-order valence-corrected chi connectivity index (χ0v) is 15.6. The van der Waals surface area contributed by atoms with Crippen LogP contribution >= 0.6 is 0 Å². The molecule has 27 heavy (non-hydrogen) atoms. The highest BCUT2D eigenvalue weighted by Gasteiger charge is 2.15. The molecule has 1 saturated heterocycles. The van der Waals surface area contributed by atoms with Crippen molar-refractivity contribution in [1.82, 2.24) is 0 Å². The molecule has 0 aromatic heterocycles. The molecule has 138 valence electrons. The van der Waals surface area contributed by atoms with E-state index in [1.54, 1.807) is 0 Å². The lowest BCUT2D eigenvalue weighted by Gasteiger charge is -2.19. The number of hydrogen-bond donors (Lipinski definition) is 2. The maximum absolute atomic E-state index is 12.7. The first-order valence-electron chi connectivity index (χ1n) is 9.61. The number of rotatable bonds is 5. The Labute approximate surface area is 160 Å². The largest absolute Gasteiger partial charge is 0.374 e. The van der Waals surface area contributed by atoms with E-state index in [9.17, 15) is 4.79 Å². The summed E-state index contributed by atoms with van der Waals surface area (Å²) in [5.41, 5.74) is 3.06. The van der Waals surface area contributed by atoms with E-state index in [0.29, 0.717) is 0 Å². The van der Waals surface area contributed by atoms with E-state index in [1.807, 2.05) is 37.3 Å². The highest BCUT2D eigenvalue weighted by Crippen LogP contribution is 2.24. The highest BCUT2D eigenvalue weighted by atomic mass is 16.2. The van der Waals surface area contributed by atoms with E-state index in [1.165, 1.54) is 18.5 Å². The molecule has 0 saturated carbocycles. The van der Waals surface area contributed by atoms with Crippen molar-refractivity contribution in [3.8, 4) is 0 Å². The van der Waals surface area contributed by atoms with Crippen molar-refractivity contribution in [3.05, 3.63) is 66.7 Å². The Kier molecular flexibility index (Phi) is 4.97. The van der Waals surface area contributed by atoms with Gasteiger partial charge in [-0.1, -0.05) is 36.4 Å². The van der Waals surface area contributed by atoms with Gasteiger partial charge in [-0.2, -0.15) is 0 Å². The molecule has 1 aliphatic rings. The maximum Gasteiger partial charge on any atom is 0.246 e. The maximum atomic E-state index is 12.7. The summed E-state index contributed by atoms with van der Waals surface area (Å²) in [6.45, 7) is 4.15. The minimum absolute atomic E-state index is 0.0463. The summed E-state index contributed by atoms with van der Waals surface area (Å²) < 4.78 is 0. The number of anilines is 3. The molecule has 4 nitrogen and oxygen atoms in total. The van der Waals surface area contributed by atoms with Gasteiger partial charge in [-0.05, 0) is 55.5 Å². The van der Waals surface area contributed by atoms with Crippen molar-refractivity contribution >= 4 is 33.7 Å². The number of benzene rings is 3. The predicted octanol–water partition coefficient (Wildman–Crippen LogP) is 4.88. The second-order valence-electron chi connectivity index (χ2n) is 7.12. The van der Waals surface area contributed by atoms with Gasteiger partial charge in [0.05, 0.1) is 0 Å². The molecule has 0 aliphatic carbocycles. The number of carbonyl (C=O) groups excluding carboxylic acids is 1. The van der Waals surface area contributed by atoms with Crippen LogP contribution in [0.4, 0.5) is 17.1 Å². The van der Waals surface area contributed by atoms with Crippen LogP contribution in [0.5, 0.6) is 0 Å². The SMILES string of the molecule is C[C@@H](Nc1ccc(N2CCCC2)cc1)C(=O)Nc1cccc2ccccc12. The average molecular weight is 359 g/mol. The summed E-state index contributed by atoms with van der Waals surface area (Å²) in [4.78, 5) is 15.1. The van der Waals surface area contributed by atoms with E-state index < -0.39 is 0 Å². The van der Waals surface area contributed by atoms with Gasteiger partial charge in [0.2, 0.25) is 5.91 Å². The molecule has 0 unspecified atom stereocenters. The lowest BCUT2D eigenvalue weighted by Crippen LogP contribution is -2.31. The van der Waals surface area contributed by atoms with Crippen molar-refractivity contribution in [1.29, 1.82) is 0 Å². The Morgan fingerprint density at radius 1 is 0.926 bits per heavy atom. The first kappa shape index (κ1) is 17.4. The van der Waals surface area contributed by atoms with Gasteiger partial charge < -0.3 is 15.5 Å². The molecule has 4 rings (SSSR count). The Hall–Kier alpha value is -3.01. The summed E-state index contributed by atoms with van der Waals surface area (Å²) in [5, 5.41) is 8.52. The van der Waals surface area contributed by atoms with Crippen LogP contribution in [0.3, 0.4) is 0 Å². The molecule has 1 aliphatic heterocycles. The van der Waals surface area contributed by atoms with E-state index >= 15 is 0 Å². The van der Waals surface area contributed by atoms with Gasteiger partial charge in [-0.25, -0.2) is 0 Å². The number of nitrogens with one attached hydrogen (secondary N) is 2. The molecule has 0 spiro atoms. The van der Waals surface area contributed by atoms with E-state index in [4.69, 9.17) is 0 Å². The topological polar surface area (TPSA) is 44.4 Å². The van der Waals surface area contributed by atoms with Crippen LogP contribution in [0.25, 0.3) is 10.8 Å². The van der Waals surface area contributed by atoms with Gasteiger partial charge in [0.1, 0.15) is 6.04 Å². The fourth-order valence-corrected chi connectivity index (χ4v) is 3.63. The summed E-state index contributed by atoms with van der Waals surface area (Å²) in [7, 11) is 0. The van der Waals surface area contributed by atoms with Crippen LogP contribution in [-0.4, -0.2) is 25.0 Å². The van der Waals surface area contributed by atoms with Crippen molar-refractivity contribution in [2.75, 3.05) is 28.6 Å². The van der Waals surface area contributed by atoms with E-state index in [-0.39, 0.29) is 11.9 Å². The molecular formula is C23H25N3O. The molecule has 0 radical (unpaired) electrons. The van der Waals surface area contributed by atoms with E-state index in [0.717, 1.165) is 35.2 Å².